The first-order valence-corrected chi connectivity index (χ1v) is 6.50. The number of hydrogen-bond acceptors (Lipinski definition) is 3. The Kier molecular flexibility index (Phi) is 5.15. The fourth-order valence-corrected chi connectivity index (χ4v) is 2.29. The molecule has 17 heavy (non-hydrogen) atoms. The van der Waals surface area contributed by atoms with Gasteiger partial charge in [-0.2, -0.15) is 0 Å². The van der Waals surface area contributed by atoms with E-state index in [4.69, 9.17) is 5.11 Å². The first-order chi connectivity index (χ1) is 8.06. The highest BCUT2D eigenvalue weighted by Crippen LogP contribution is 2.23. The molecule has 1 aromatic rings. The molecule has 5 heteroatoms. The van der Waals surface area contributed by atoms with Gasteiger partial charge in [-0.15, -0.1) is 11.3 Å². The fourth-order valence-electron chi connectivity index (χ4n) is 1.47. The average molecular weight is 255 g/mol. The number of carbonyl (C=O) groups is 2. The molecule has 0 saturated heterocycles. The third kappa shape index (κ3) is 3.85. The quantitative estimate of drug-likeness (QED) is 0.767. The number of amides is 1. The second-order valence-corrected chi connectivity index (χ2v) is 4.90. The SMILES string of the molecule is CCCC(NC(=O)C(C)C(=O)O)c1cccs1. The highest BCUT2D eigenvalue weighted by Gasteiger charge is 2.23. The number of rotatable bonds is 6. The van der Waals surface area contributed by atoms with E-state index in [1.807, 2.05) is 24.4 Å². The molecule has 94 valence electrons. The Morgan fingerprint density at radius 2 is 2.24 bits per heavy atom. The lowest BCUT2D eigenvalue weighted by molar-refractivity contribution is -0.146. The van der Waals surface area contributed by atoms with Gasteiger partial charge in [0.2, 0.25) is 5.91 Å². The Morgan fingerprint density at radius 3 is 2.71 bits per heavy atom. The van der Waals surface area contributed by atoms with Crippen LogP contribution in [0.2, 0.25) is 0 Å². The van der Waals surface area contributed by atoms with Gasteiger partial charge in [-0.1, -0.05) is 19.4 Å². The Labute approximate surface area is 105 Å². The lowest BCUT2D eigenvalue weighted by Crippen LogP contribution is -2.35. The molecule has 0 aliphatic heterocycles. The van der Waals surface area contributed by atoms with Gasteiger partial charge in [-0.05, 0) is 24.8 Å². The van der Waals surface area contributed by atoms with Crippen molar-refractivity contribution in [1.29, 1.82) is 0 Å². The van der Waals surface area contributed by atoms with Crippen LogP contribution >= 0.6 is 11.3 Å². The molecule has 2 N–H and O–H groups in total. The Hall–Kier alpha value is -1.36. The Bertz CT molecular complexity index is 375. The van der Waals surface area contributed by atoms with Gasteiger partial charge in [-0.25, -0.2) is 0 Å². The van der Waals surface area contributed by atoms with E-state index < -0.39 is 17.8 Å². The summed E-state index contributed by atoms with van der Waals surface area (Å²) in [6.45, 7) is 3.43. The summed E-state index contributed by atoms with van der Waals surface area (Å²) >= 11 is 1.57. The molecule has 1 aromatic heterocycles. The van der Waals surface area contributed by atoms with Crippen LogP contribution in [0.4, 0.5) is 0 Å². The van der Waals surface area contributed by atoms with E-state index in [2.05, 4.69) is 5.32 Å². The van der Waals surface area contributed by atoms with E-state index in [0.717, 1.165) is 17.7 Å². The molecule has 0 spiro atoms. The molecule has 2 unspecified atom stereocenters. The largest absolute Gasteiger partial charge is 0.481 e. The molecular formula is C12H17NO3S. The summed E-state index contributed by atoms with van der Waals surface area (Å²) in [7, 11) is 0. The van der Waals surface area contributed by atoms with Crippen LogP contribution in [0.15, 0.2) is 17.5 Å². The predicted octanol–water partition coefficient (Wildman–Crippen LogP) is 2.43. The maximum atomic E-state index is 11.7. The van der Waals surface area contributed by atoms with Gasteiger partial charge in [0.05, 0.1) is 6.04 Å². The van der Waals surface area contributed by atoms with Gasteiger partial charge in [0.15, 0.2) is 0 Å². The van der Waals surface area contributed by atoms with Crippen molar-refractivity contribution in [1.82, 2.24) is 5.32 Å². The van der Waals surface area contributed by atoms with Crippen LogP contribution in [0.5, 0.6) is 0 Å². The number of carboxylic acids is 1. The van der Waals surface area contributed by atoms with E-state index in [1.165, 1.54) is 6.92 Å². The summed E-state index contributed by atoms with van der Waals surface area (Å²) in [4.78, 5) is 23.5. The van der Waals surface area contributed by atoms with E-state index in [1.54, 1.807) is 11.3 Å². The number of thiophene rings is 1. The summed E-state index contributed by atoms with van der Waals surface area (Å²) in [5, 5.41) is 13.5. The summed E-state index contributed by atoms with van der Waals surface area (Å²) in [5.74, 6) is -2.53. The van der Waals surface area contributed by atoms with Crippen molar-refractivity contribution in [2.45, 2.75) is 32.7 Å². The van der Waals surface area contributed by atoms with Crippen molar-refractivity contribution in [3.8, 4) is 0 Å². The molecule has 0 radical (unpaired) electrons. The van der Waals surface area contributed by atoms with Gasteiger partial charge < -0.3 is 10.4 Å². The van der Waals surface area contributed by atoms with Crippen LogP contribution in [0.1, 0.15) is 37.6 Å². The minimum Gasteiger partial charge on any atom is -0.481 e. The molecule has 0 aliphatic rings. The second kappa shape index (κ2) is 6.39. The van der Waals surface area contributed by atoms with Crippen molar-refractivity contribution in [3.63, 3.8) is 0 Å². The van der Waals surface area contributed by atoms with Crippen LogP contribution in [-0.2, 0) is 9.59 Å². The molecule has 0 bridgehead atoms. The summed E-state index contributed by atoms with van der Waals surface area (Å²) in [6, 6.07) is 3.81. The lowest BCUT2D eigenvalue weighted by Gasteiger charge is -2.18. The molecule has 0 saturated carbocycles. The summed E-state index contributed by atoms with van der Waals surface area (Å²) < 4.78 is 0. The fraction of sp³-hybridized carbons (Fsp3) is 0.500. The molecule has 4 nitrogen and oxygen atoms in total. The van der Waals surface area contributed by atoms with E-state index in [9.17, 15) is 9.59 Å². The smallest absolute Gasteiger partial charge is 0.315 e. The first kappa shape index (κ1) is 13.7. The highest BCUT2D eigenvalue weighted by atomic mass is 32.1. The van der Waals surface area contributed by atoms with Crippen molar-refractivity contribution in [3.05, 3.63) is 22.4 Å². The van der Waals surface area contributed by atoms with Crippen LogP contribution in [0.25, 0.3) is 0 Å². The first-order valence-electron chi connectivity index (χ1n) is 5.62. The summed E-state index contributed by atoms with van der Waals surface area (Å²) in [5.41, 5.74) is 0. The highest BCUT2D eigenvalue weighted by molar-refractivity contribution is 7.10. The Morgan fingerprint density at radius 1 is 1.53 bits per heavy atom. The third-order valence-corrected chi connectivity index (χ3v) is 3.53. The monoisotopic (exact) mass is 255 g/mol. The molecule has 0 aliphatic carbocycles. The number of carbonyl (C=O) groups excluding carboxylic acids is 1. The molecule has 2 atom stereocenters. The van der Waals surface area contributed by atoms with Crippen molar-refractivity contribution in [2.24, 2.45) is 5.92 Å². The number of hydrogen-bond donors (Lipinski definition) is 2. The van der Waals surface area contributed by atoms with Crippen molar-refractivity contribution in [2.75, 3.05) is 0 Å². The van der Waals surface area contributed by atoms with Gasteiger partial charge in [0.25, 0.3) is 0 Å². The molecule has 1 rings (SSSR count). The maximum absolute atomic E-state index is 11.7. The lowest BCUT2D eigenvalue weighted by atomic mass is 10.1. The van der Waals surface area contributed by atoms with Gasteiger partial charge in [0, 0.05) is 4.88 Å². The zero-order chi connectivity index (χ0) is 12.8. The number of carboxylic acid groups (broad SMARTS) is 1. The van der Waals surface area contributed by atoms with Crippen LogP contribution in [-0.4, -0.2) is 17.0 Å². The minimum absolute atomic E-state index is 0.0747. The van der Waals surface area contributed by atoms with E-state index in [0.29, 0.717) is 0 Å². The van der Waals surface area contributed by atoms with Crippen LogP contribution in [0, 0.1) is 5.92 Å². The molecule has 1 heterocycles. The van der Waals surface area contributed by atoms with E-state index in [-0.39, 0.29) is 6.04 Å². The van der Waals surface area contributed by atoms with E-state index >= 15 is 0 Å². The second-order valence-electron chi connectivity index (χ2n) is 3.93. The zero-order valence-corrected chi connectivity index (χ0v) is 10.8. The molecule has 0 aromatic carbocycles. The van der Waals surface area contributed by atoms with Crippen LogP contribution in [0.3, 0.4) is 0 Å². The zero-order valence-electron chi connectivity index (χ0n) is 9.97. The minimum atomic E-state index is -1.09. The third-order valence-electron chi connectivity index (χ3n) is 2.54. The van der Waals surface area contributed by atoms with Gasteiger partial charge in [0.1, 0.15) is 5.92 Å². The normalized spacial score (nSPS) is 14.0. The van der Waals surface area contributed by atoms with Crippen molar-refractivity contribution < 1.29 is 14.7 Å². The van der Waals surface area contributed by atoms with Gasteiger partial charge in [-0.3, -0.25) is 9.59 Å². The van der Waals surface area contributed by atoms with Gasteiger partial charge >= 0.3 is 5.97 Å². The van der Waals surface area contributed by atoms with Crippen molar-refractivity contribution >= 4 is 23.2 Å². The number of aliphatic carboxylic acids is 1. The topological polar surface area (TPSA) is 66.4 Å². The molecule has 1 amide bonds. The Balaban J connectivity index is 2.68. The number of nitrogens with one attached hydrogen (secondary N) is 1. The standard InChI is InChI=1S/C12H17NO3S/c1-3-5-9(10-6-4-7-17-10)13-11(14)8(2)12(15)16/h4,6-9H,3,5H2,1-2H3,(H,13,14)(H,15,16). The molecule has 0 fully saturated rings. The molecular weight excluding hydrogens is 238 g/mol. The summed E-state index contributed by atoms with van der Waals surface area (Å²) in [6.07, 6.45) is 1.75. The van der Waals surface area contributed by atoms with Crippen LogP contribution < -0.4 is 5.32 Å². The average Bonchev–Trinajstić information content (AvgIpc) is 2.80. The predicted molar refractivity (Wildman–Crippen MR) is 66.9 cm³/mol. The maximum Gasteiger partial charge on any atom is 0.315 e.